The Morgan fingerprint density at radius 3 is 2.83 bits per heavy atom. The number of imidazole rings is 1. The third-order valence-electron chi connectivity index (χ3n) is 2.71. The van der Waals surface area contributed by atoms with Gasteiger partial charge in [0.25, 0.3) is 0 Å². The van der Waals surface area contributed by atoms with Gasteiger partial charge in [0, 0.05) is 38.7 Å². The van der Waals surface area contributed by atoms with Crippen LogP contribution in [0.5, 0.6) is 0 Å². The Hall–Kier alpha value is -1.03. The molecule has 0 radical (unpaired) electrons. The second-order valence-electron chi connectivity index (χ2n) is 5.04. The normalized spacial score (nSPS) is 11.1. The smallest absolute Gasteiger partial charge is 0.202 e. The highest BCUT2D eigenvalue weighted by Crippen LogP contribution is 2.06. The maximum Gasteiger partial charge on any atom is 0.202 e. The minimum absolute atomic E-state index is 0.632. The van der Waals surface area contributed by atoms with Crippen molar-refractivity contribution in [1.82, 2.24) is 9.55 Å². The molecule has 104 valence electrons. The molecule has 0 atom stereocenters. The quantitative estimate of drug-likeness (QED) is 0.651. The van der Waals surface area contributed by atoms with Crippen molar-refractivity contribution in [3.8, 4) is 0 Å². The molecule has 0 spiro atoms. The van der Waals surface area contributed by atoms with Crippen molar-refractivity contribution in [2.75, 3.05) is 25.1 Å². The molecule has 0 amide bonds. The van der Waals surface area contributed by atoms with Crippen molar-refractivity contribution >= 4 is 5.95 Å². The third kappa shape index (κ3) is 6.05. The largest absolute Gasteiger partial charge is 0.381 e. The fourth-order valence-corrected chi connectivity index (χ4v) is 1.64. The lowest BCUT2D eigenvalue weighted by atomic mass is 10.2. The van der Waals surface area contributed by atoms with Crippen LogP contribution in [0.3, 0.4) is 0 Å². The number of aryl methyl sites for hydroxylation is 1. The maximum atomic E-state index is 5.56. The topological polar surface area (TPSA) is 39.1 Å². The van der Waals surface area contributed by atoms with E-state index in [9.17, 15) is 0 Å². The fourth-order valence-electron chi connectivity index (χ4n) is 1.64. The number of unbranched alkanes of at least 4 members (excludes halogenated alkanes) is 1. The molecule has 0 saturated carbocycles. The number of hydrogen-bond donors (Lipinski definition) is 1. The van der Waals surface area contributed by atoms with Crippen LogP contribution >= 0.6 is 0 Å². The number of nitrogens with one attached hydrogen (secondary N) is 1. The molecule has 18 heavy (non-hydrogen) atoms. The van der Waals surface area contributed by atoms with Gasteiger partial charge < -0.3 is 14.6 Å². The van der Waals surface area contributed by atoms with E-state index in [1.807, 2.05) is 12.4 Å². The van der Waals surface area contributed by atoms with E-state index in [1.54, 1.807) is 0 Å². The fraction of sp³-hybridized carbons (Fsp3) is 0.786. The van der Waals surface area contributed by atoms with Gasteiger partial charge in [0.1, 0.15) is 0 Å². The molecular weight excluding hydrogens is 226 g/mol. The predicted molar refractivity (Wildman–Crippen MR) is 75.9 cm³/mol. The van der Waals surface area contributed by atoms with E-state index < -0.39 is 0 Å². The van der Waals surface area contributed by atoms with E-state index in [0.29, 0.717) is 5.92 Å². The molecular formula is C14H27N3O. The molecule has 1 heterocycles. The number of ether oxygens (including phenoxy) is 1. The summed E-state index contributed by atoms with van der Waals surface area (Å²) in [6.45, 7) is 10.2. The predicted octanol–water partition coefficient (Wildman–Crippen LogP) is 3.16. The van der Waals surface area contributed by atoms with Gasteiger partial charge in [0.2, 0.25) is 5.95 Å². The van der Waals surface area contributed by atoms with Crippen molar-refractivity contribution in [3.63, 3.8) is 0 Å². The van der Waals surface area contributed by atoms with E-state index in [-0.39, 0.29) is 0 Å². The van der Waals surface area contributed by atoms with Crippen molar-refractivity contribution < 1.29 is 4.74 Å². The SMILES string of the molecule is CCCCOCCCn1ccnc1NCC(C)C. The second-order valence-corrected chi connectivity index (χ2v) is 5.04. The molecule has 1 N–H and O–H groups in total. The zero-order chi connectivity index (χ0) is 13.2. The first kappa shape index (κ1) is 15.0. The van der Waals surface area contributed by atoms with Gasteiger partial charge in [0.05, 0.1) is 0 Å². The molecule has 0 aliphatic rings. The Labute approximate surface area is 111 Å². The Bertz CT molecular complexity index is 310. The van der Waals surface area contributed by atoms with Gasteiger partial charge >= 0.3 is 0 Å². The van der Waals surface area contributed by atoms with Crippen molar-refractivity contribution in [3.05, 3.63) is 12.4 Å². The summed E-state index contributed by atoms with van der Waals surface area (Å²) in [6.07, 6.45) is 7.27. The van der Waals surface area contributed by atoms with Crippen LogP contribution in [0.4, 0.5) is 5.95 Å². The summed E-state index contributed by atoms with van der Waals surface area (Å²) < 4.78 is 7.71. The lowest BCUT2D eigenvalue weighted by molar-refractivity contribution is 0.126. The van der Waals surface area contributed by atoms with E-state index in [0.717, 1.165) is 45.1 Å². The molecule has 0 bridgehead atoms. The van der Waals surface area contributed by atoms with Crippen LogP contribution < -0.4 is 5.32 Å². The molecule has 4 nitrogen and oxygen atoms in total. The van der Waals surface area contributed by atoms with Gasteiger partial charge in [-0.3, -0.25) is 0 Å². The molecule has 1 aromatic rings. The van der Waals surface area contributed by atoms with Crippen molar-refractivity contribution in [1.29, 1.82) is 0 Å². The summed E-state index contributed by atoms with van der Waals surface area (Å²) in [7, 11) is 0. The van der Waals surface area contributed by atoms with Gasteiger partial charge in [-0.25, -0.2) is 4.98 Å². The monoisotopic (exact) mass is 253 g/mol. The number of anilines is 1. The van der Waals surface area contributed by atoms with Gasteiger partial charge in [-0.05, 0) is 18.8 Å². The minimum atomic E-state index is 0.632. The summed E-state index contributed by atoms with van der Waals surface area (Å²) in [4.78, 5) is 4.33. The first-order valence-corrected chi connectivity index (χ1v) is 7.06. The van der Waals surface area contributed by atoms with Crippen LogP contribution in [0.1, 0.15) is 40.0 Å². The van der Waals surface area contributed by atoms with E-state index >= 15 is 0 Å². The summed E-state index contributed by atoms with van der Waals surface area (Å²) in [5.74, 6) is 1.60. The summed E-state index contributed by atoms with van der Waals surface area (Å²) in [5, 5.41) is 3.36. The van der Waals surface area contributed by atoms with Crippen LogP contribution in [0.25, 0.3) is 0 Å². The first-order valence-electron chi connectivity index (χ1n) is 7.06. The highest BCUT2D eigenvalue weighted by atomic mass is 16.5. The number of rotatable bonds is 10. The lowest BCUT2D eigenvalue weighted by Gasteiger charge is -2.11. The Morgan fingerprint density at radius 1 is 1.33 bits per heavy atom. The average molecular weight is 253 g/mol. The highest BCUT2D eigenvalue weighted by Gasteiger charge is 2.02. The van der Waals surface area contributed by atoms with Crippen molar-refractivity contribution in [2.45, 2.75) is 46.6 Å². The van der Waals surface area contributed by atoms with Crippen LogP contribution in [-0.4, -0.2) is 29.3 Å². The first-order chi connectivity index (χ1) is 8.74. The standard InChI is InChI=1S/C14H27N3O/c1-4-5-10-18-11-6-8-17-9-7-15-14(17)16-12-13(2)3/h7,9,13H,4-6,8,10-12H2,1-3H3,(H,15,16). The zero-order valence-corrected chi connectivity index (χ0v) is 12.0. The highest BCUT2D eigenvalue weighted by molar-refractivity contribution is 5.25. The van der Waals surface area contributed by atoms with E-state index in [4.69, 9.17) is 4.74 Å². The molecule has 0 aliphatic carbocycles. The number of hydrogen-bond acceptors (Lipinski definition) is 3. The summed E-state index contributed by atoms with van der Waals surface area (Å²) >= 11 is 0. The number of aromatic nitrogens is 2. The van der Waals surface area contributed by atoms with Crippen LogP contribution in [-0.2, 0) is 11.3 Å². The molecule has 0 aliphatic heterocycles. The minimum Gasteiger partial charge on any atom is -0.381 e. The van der Waals surface area contributed by atoms with E-state index in [2.05, 4.69) is 35.6 Å². The second kappa shape index (κ2) is 8.97. The molecule has 0 fully saturated rings. The molecule has 4 heteroatoms. The van der Waals surface area contributed by atoms with Crippen molar-refractivity contribution in [2.24, 2.45) is 5.92 Å². The van der Waals surface area contributed by atoms with Crippen LogP contribution in [0, 0.1) is 5.92 Å². The summed E-state index contributed by atoms with van der Waals surface area (Å²) in [5.41, 5.74) is 0. The van der Waals surface area contributed by atoms with Crippen LogP contribution in [0.2, 0.25) is 0 Å². The Kier molecular flexibility index (Phi) is 7.49. The van der Waals surface area contributed by atoms with Gasteiger partial charge in [0.15, 0.2) is 0 Å². The molecule has 1 aromatic heterocycles. The van der Waals surface area contributed by atoms with Gasteiger partial charge in [-0.2, -0.15) is 0 Å². The summed E-state index contributed by atoms with van der Waals surface area (Å²) in [6, 6.07) is 0. The molecule has 0 saturated heterocycles. The number of nitrogens with zero attached hydrogens (tertiary/aromatic N) is 2. The van der Waals surface area contributed by atoms with Gasteiger partial charge in [-0.1, -0.05) is 27.2 Å². The zero-order valence-electron chi connectivity index (χ0n) is 12.0. The molecule has 0 aromatic carbocycles. The third-order valence-corrected chi connectivity index (χ3v) is 2.71. The lowest BCUT2D eigenvalue weighted by Crippen LogP contribution is -2.13. The molecule has 0 unspecified atom stereocenters. The van der Waals surface area contributed by atoms with E-state index in [1.165, 1.54) is 6.42 Å². The van der Waals surface area contributed by atoms with Gasteiger partial charge in [-0.15, -0.1) is 0 Å². The Morgan fingerprint density at radius 2 is 2.11 bits per heavy atom. The maximum absolute atomic E-state index is 5.56. The molecule has 1 rings (SSSR count). The van der Waals surface area contributed by atoms with Crippen LogP contribution in [0.15, 0.2) is 12.4 Å². The average Bonchev–Trinajstić information content (AvgIpc) is 2.78. The Balaban J connectivity index is 2.19.